The molecule has 0 fully saturated rings. The third-order valence-corrected chi connectivity index (χ3v) is 2.16. The molecule has 0 aliphatic heterocycles. The topological polar surface area (TPSA) is 52.4 Å². The molecule has 0 heterocycles. The molecule has 86 valence electrons. The van der Waals surface area contributed by atoms with Crippen molar-refractivity contribution in [3.05, 3.63) is 40.0 Å². The Bertz CT molecular complexity index is 404. The average molecular weight is 242 g/mol. The molecule has 1 rings (SSSR count). The first-order valence-corrected chi connectivity index (χ1v) is 5.27. The number of rotatable bonds is 5. The van der Waals surface area contributed by atoms with Gasteiger partial charge in [-0.05, 0) is 18.1 Å². The van der Waals surface area contributed by atoms with Crippen molar-refractivity contribution in [2.75, 3.05) is 13.0 Å². The largest absolute Gasteiger partial charge is 0.496 e. The first-order valence-electron chi connectivity index (χ1n) is 4.73. The standard InChI is InChI=1S/C11H12ClNO3/c1-16-11-7-9(4-2-3-5-12)6-10(8-11)13(14)15/h2,4,6-8H,3,5H2,1H3. The Morgan fingerprint density at radius 2 is 2.25 bits per heavy atom. The molecule has 0 radical (unpaired) electrons. The number of nitro groups is 1. The lowest BCUT2D eigenvalue weighted by Gasteiger charge is -2.01. The first-order chi connectivity index (χ1) is 7.67. The lowest BCUT2D eigenvalue weighted by atomic mass is 10.1. The maximum absolute atomic E-state index is 10.7. The van der Waals surface area contributed by atoms with Gasteiger partial charge < -0.3 is 4.74 Å². The number of ether oxygens (including phenoxy) is 1. The van der Waals surface area contributed by atoms with E-state index in [1.54, 1.807) is 12.1 Å². The highest BCUT2D eigenvalue weighted by Gasteiger charge is 2.08. The van der Waals surface area contributed by atoms with Crippen LogP contribution < -0.4 is 4.74 Å². The molecule has 4 nitrogen and oxygen atoms in total. The van der Waals surface area contributed by atoms with Crippen molar-refractivity contribution in [3.8, 4) is 5.75 Å². The Kier molecular flexibility index (Phi) is 4.79. The summed E-state index contributed by atoms with van der Waals surface area (Å²) in [5.74, 6) is 1.00. The van der Waals surface area contributed by atoms with Gasteiger partial charge in [0.2, 0.25) is 0 Å². The predicted molar refractivity (Wildman–Crippen MR) is 64.0 cm³/mol. The second-order valence-corrected chi connectivity index (χ2v) is 3.48. The number of nitrogens with zero attached hydrogens (tertiary/aromatic N) is 1. The van der Waals surface area contributed by atoms with Crippen LogP contribution in [0.3, 0.4) is 0 Å². The molecule has 0 saturated carbocycles. The summed E-state index contributed by atoms with van der Waals surface area (Å²) in [5, 5.41) is 10.7. The van der Waals surface area contributed by atoms with Crippen LogP contribution in [0.4, 0.5) is 5.69 Å². The van der Waals surface area contributed by atoms with Crippen LogP contribution in [0.5, 0.6) is 5.75 Å². The molecule has 0 atom stereocenters. The number of halogens is 1. The second kappa shape index (κ2) is 6.12. The van der Waals surface area contributed by atoms with Crippen molar-refractivity contribution in [2.24, 2.45) is 0 Å². The van der Waals surface area contributed by atoms with Crippen molar-refractivity contribution >= 4 is 23.4 Å². The van der Waals surface area contributed by atoms with E-state index in [4.69, 9.17) is 16.3 Å². The van der Waals surface area contributed by atoms with Gasteiger partial charge in [0.05, 0.1) is 18.1 Å². The monoisotopic (exact) mass is 241 g/mol. The molecule has 0 N–H and O–H groups in total. The summed E-state index contributed by atoms with van der Waals surface area (Å²) in [4.78, 5) is 10.2. The zero-order valence-electron chi connectivity index (χ0n) is 8.85. The van der Waals surface area contributed by atoms with Crippen molar-refractivity contribution in [1.82, 2.24) is 0 Å². The van der Waals surface area contributed by atoms with Crippen molar-refractivity contribution < 1.29 is 9.66 Å². The van der Waals surface area contributed by atoms with Gasteiger partial charge in [-0.25, -0.2) is 0 Å². The summed E-state index contributed by atoms with van der Waals surface area (Å²) in [7, 11) is 1.48. The van der Waals surface area contributed by atoms with Crippen LogP contribution >= 0.6 is 11.6 Å². The quantitative estimate of drug-likeness (QED) is 0.452. The number of alkyl halides is 1. The summed E-state index contributed by atoms with van der Waals surface area (Å²) in [5.41, 5.74) is 0.751. The molecule has 0 saturated heterocycles. The van der Waals surface area contributed by atoms with Gasteiger partial charge >= 0.3 is 0 Å². The molecular formula is C11H12ClNO3. The van der Waals surface area contributed by atoms with E-state index >= 15 is 0 Å². The zero-order valence-corrected chi connectivity index (χ0v) is 9.61. The Morgan fingerprint density at radius 1 is 1.50 bits per heavy atom. The molecule has 0 aliphatic rings. The van der Waals surface area contributed by atoms with E-state index in [0.717, 1.165) is 12.0 Å². The lowest BCUT2D eigenvalue weighted by Crippen LogP contribution is -1.91. The van der Waals surface area contributed by atoms with Crippen LogP contribution in [0.2, 0.25) is 0 Å². The molecule has 0 aromatic heterocycles. The van der Waals surface area contributed by atoms with Crippen LogP contribution in [0.15, 0.2) is 24.3 Å². The second-order valence-electron chi connectivity index (χ2n) is 3.10. The summed E-state index contributed by atoms with van der Waals surface area (Å²) >= 11 is 5.52. The summed E-state index contributed by atoms with van der Waals surface area (Å²) in [6.07, 6.45) is 4.38. The molecule has 1 aromatic carbocycles. The van der Waals surface area contributed by atoms with Crippen molar-refractivity contribution in [1.29, 1.82) is 0 Å². The maximum Gasteiger partial charge on any atom is 0.273 e. The van der Waals surface area contributed by atoms with E-state index in [2.05, 4.69) is 0 Å². The number of benzene rings is 1. The van der Waals surface area contributed by atoms with Crippen LogP contribution in [-0.4, -0.2) is 17.9 Å². The number of hydrogen-bond donors (Lipinski definition) is 0. The normalized spacial score (nSPS) is 10.6. The minimum absolute atomic E-state index is 0.0184. The SMILES string of the molecule is COc1cc(C=CCCCl)cc([N+](=O)[O-])c1. The molecule has 1 aromatic rings. The molecule has 5 heteroatoms. The Labute approximate surface area is 98.6 Å². The van der Waals surface area contributed by atoms with Gasteiger partial charge in [-0.2, -0.15) is 0 Å². The number of non-ortho nitro benzene ring substituents is 1. The summed E-state index contributed by atoms with van der Waals surface area (Å²) < 4.78 is 4.99. The highest BCUT2D eigenvalue weighted by atomic mass is 35.5. The summed E-state index contributed by atoms with van der Waals surface area (Å²) in [6.45, 7) is 0. The van der Waals surface area contributed by atoms with Gasteiger partial charge in [-0.3, -0.25) is 10.1 Å². The fourth-order valence-electron chi connectivity index (χ4n) is 1.21. The number of methoxy groups -OCH3 is 1. The summed E-state index contributed by atoms with van der Waals surface area (Å²) in [6, 6.07) is 4.61. The van der Waals surface area contributed by atoms with Crippen molar-refractivity contribution in [3.63, 3.8) is 0 Å². The molecule has 0 spiro atoms. The van der Waals surface area contributed by atoms with E-state index in [9.17, 15) is 10.1 Å². The maximum atomic E-state index is 10.7. The highest BCUT2D eigenvalue weighted by Crippen LogP contribution is 2.23. The fourth-order valence-corrected chi connectivity index (χ4v) is 1.33. The molecule has 0 aliphatic carbocycles. The smallest absolute Gasteiger partial charge is 0.273 e. The predicted octanol–water partition coefficient (Wildman–Crippen LogP) is 3.25. The van der Waals surface area contributed by atoms with E-state index in [-0.39, 0.29) is 5.69 Å². The Balaban J connectivity index is 2.99. The van der Waals surface area contributed by atoms with Crippen LogP contribution in [-0.2, 0) is 0 Å². The average Bonchev–Trinajstić information content (AvgIpc) is 2.29. The van der Waals surface area contributed by atoms with Gasteiger partial charge in [-0.1, -0.05) is 12.2 Å². The zero-order chi connectivity index (χ0) is 12.0. The van der Waals surface area contributed by atoms with Gasteiger partial charge in [-0.15, -0.1) is 11.6 Å². The molecule has 16 heavy (non-hydrogen) atoms. The fraction of sp³-hybridized carbons (Fsp3) is 0.273. The van der Waals surface area contributed by atoms with Gasteiger partial charge in [0.15, 0.2) is 0 Å². The van der Waals surface area contributed by atoms with Crippen LogP contribution in [0.1, 0.15) is 12.0 Å². The van der Waals surface area contributed by atoms with E-state index in [1.807, 2.05) is 6.08 Å². The Morgan fingerprint density at radius 3 is 2.81 bits per heavy atom. The molecule has 0 unspecified atom stereocenters. The van der Waals surface area contributed by atoms with Gasteiger partial charge in [0.25, 0.3) is 5.69 Å². The minimum Gasteiger partial charge on any atom is -0.496 e. The van der Waals surface area contributed by atoms with E-state index in [0.29, 0.717) is 11.6 Å². The van der Waals surface area contributed by atoms with Gasteiger partial charge in [0, 0.05) is 11.9 Å². The van der Waals surface area contributed by atoms with E-state index < -0.39 is 4.92 Å². The molecule has 0 amide bonds. The first kappa shape index (κ1) is 12.5. The molecule has 0 bridgehead atoms. The number of allylic oxidation sites excluding steroid dienone is 1. The van der Waals surface area contributed by atoms with Crippen molar-refractivity contribution in [2.45, 2.75) is 6.42 Å². The van der Waals surface area contributed by atoms with E-state index in [1.165, 1.54) is 19.2 Å². The van der Waals surface area contributed by atoms with Gasteiger partial charge in [0.1, 0.15) is 5.75 Å². The number of hydrogen-bond acceptors (Lipinski definition) is 3. The molecular weight excluding hydrogens is 230 g/mol. The highest BCUT2D eigenvalue weighted by molar-refractivity contribution is 6.17. The third kappa shape index (κ3) is 3.55. The van der Waals surface area contributed by atoms with Crippen LogP contribution in [0, 0.1) is 10.1 Å². The Hall–Kier alpha value is -1.55. The lowest BCUT2D eigenvalue weighted by molar-refractivity contribution is -0.384. The minimum atomic E-state index is -0.443. The number of nitro benzene ring substituents is 1. The third-order valence-electron chi connectivity index (χ3n) is 1.95. The van der Waals surface area contributed by atoms with Crippen LogP contribution in [0.25, 0.3) is 6.08 Å².